The van der Waals surface area contributed by atoms with Crippen LogP contribution in [0, 0.1) is 0 Å². The number of amides is 1. The third-order valence-corrected chi connectivity index (χ3v) is 6.25. The molecule has 0 saturated heterocycles. The summed E-state index contributed by atoms with van der Waals surface area (Å²) in [7, 11) is 0. The molecule has 34 heavy (non-hydrogen) atoms. The number of carbonyl (C=O) groups excluding carboxylic acids is 1. The maximum atomic E-state index is 13.2. The third-order valence-electron chi connectivity index (χ3n) is 5.31. The SMILES string of the molecule is O=C(CSc1nc2ccccc2c(=O)n1-c1ccccc1)N/N=C/c1cccc2ccccc12. The van der Waals surface area contributed by atoms with Crippen LogP contribution in [0.2, 0.25) is 0 Å². The first-order valence-corrected chi connectivity index (χ1v) is 11.7. The molecule has 166 valence electrons. The molecule has 0 radical (unpaired) electrons. The van der Waals surface area contributed by atoms with E-state index in [1.165, 1.54) is 11.8 Å². The molecule has 0 unspecified atom stereocenters. The summed E-state index contributed by atoms with van der Waals surface area (Å²) in [6.45, 7) is 0. The van der Waals surface area contributed by atoms with Crippen LogP contribution in [0.5, 0.6) is 0 Å². The van der Waals surface area contributed by atoms with Crippen molar-refractivity contribution in [2.45, 2.75) is 5.16 Å². The molecule has 0 aliphatic heterocycles. The molecular weight excluding hydrogens is 444 g/mol. The van der Waals surface area contributed by atoms with Crippen LogP contribution in [0.3, 0.4) is 0 Å². The summed E-state index contributed by atoms with van der Waals surface area (Å²) >= 11 is 1.19. The Morgan fingerprint density at radius 1 is 0.882 bits per heavy atom. The molecule has 5 rings (SSSR count). The molecule has 0 atom stereocenters. The minimum absolute atomic E-state index is 0.0600. The van der Waals surface area contributed by atoms with Crippen LogP contribution in [-0.4, -0.2) is 27.4 Å². The number of nitrogens with one attached hydrogen (secondary N) is 1. The normalized spacial score (nSPS) is 11.3. The number of hydrogen-bond donors (Lipinski definition) is 1. The Labute approximate surface area is 200 Å². The molecule has 4 aromatic carbocycles. The van der Waals surface area contributed by atoms with Crippen molar-refractivity contribution in [2.24, 2.45) is 5.10 Å². The Morgan fingerprint density at radius 3 is 2.44 bits per heavy atom. The van der Waals surface area contributed by atoms with E-state index in [4.69, 9.17) is 0 Å². The molecule has 0 spiro atoms. The van der Waals surface area contributed by atoms with Gasteiger partial charge in [0.05, 0.1) is 28.6 Å². The van der Waals surface area contributed by atoms with Crippen molar-refractivity contribution in [3.05, 3.63) is 113 Å². The molecule has 6 nitrogen and oxygen atoms in total. The lowest BCUT2D eigenvalue weighted by molar-refractivity contribution is -0.118. The minimum atomic E-state index is -0.288. The summed E-state index contributed by atoms with van der Waals surface area (Å²) in [4.78, 5) is 30.4. The number of rotatable bonds is 6. The number of hydrazone groups is 1. The average molecular weight is 465 g/mol. The van der Waals surface area contributed by atoms with E-state index in [0.29, 0.717) is 21.7 Å². The molecule has 0 aliphatic rings. The van der Waals surface area contributed by atoms with Gasteiger partial charge in [0.25, 0.3) is 11.5 Å². The van der Waals surface area contributed by atoms with Gasteiger partial charge in [-0.25, -0.2) is 10.4 Å². The molecule has 5 aromatic rings. The molecule has 7 heteroatoms. The van der Waals surface area contributed by atoms with Crippen molar-refractivity contribution in [1.29, 1.82) is 0 Å². The smallest absolute Gasteiger partial charge is 0.266 e. The fourth-order valence-electron chi connectivity index (χ4n) is 3.71. The predicted octanol–water partition coefficient (Wildman–Crippen LogP) is 4.78. The molecule has 1 amide bonds. The standard InChI is InChI=1S/C27H20N4O2S/c32-25(30-28-17-20-11-8-10-19-9-4-5-14-22(19)20)18-34-27-29-24-16-7-6-15-23(24)26(33)31(27)21-12-2-1-3-13-21/h1-17H,18H2,(H,30,32)/b28-17+. The Hall–Kier alpha value is -4.23. The first-order valence-electron chi connectivity index (χ1n) is 10.7. The molecule has 0 bridgehead atoms. The molecule has 1 N–H and O–H groups in total. The number of benzene rings is 4. The third kappa shape index (κ3) is 4.46. The van der Waals surface area contributed by atoms with E-state index in [9.17, 15) is 9.59 Å². The lowest BCUT2D eigenvalue weighted by Crippen LogP contribution is -2.24. The van der Waals surface area contributed by atoms with Crippen molar-refractivity contribution in [2.75, 3.05) is 5.75 Å². The minimum Gasteiger partial charge on any atom is -0.272 e. The van der Waals surface area contributed by atoms with E-state index in [1.54, 1.807) is 22.9 Å². The van der Waals surface area contributed by atoms with Crippen LogP contribution in [0.25, 0.3) is 27.4 Å². The van der Waals surface area contributed by atoms with Gasteiger partial charge in [-0.3, -0.25) is 14.2 Å². The van der Waals surface area contributed by atoms with Crippen LogP contribution in [0.4, 0.5) is 0 Å². The monoisotopic (exact) mass is 464 g/mol. The van der Waals surface area contributed by atoms with Crippen LogP contribution in [0.1, 0.15) is 5.56 Å². The van der Waals surface area contributed by atoms with Gasteiger partial charge in [-0.1, -0.05) is 84.6 Å². The largest absolute Gasteiger partial charge is 0.272 e. The summed E-state index contributed by atoms with van der Waals surface area (Å²) in [5, 5.41) is 7.27. The van der Waals surface area contributed by atoms with E-state index in [-0.39, 0.29) is 17.2 Å². The van der Waals surface area contributed by atoms with Gasteiger partial charge in [0.2, 0.25) is 0 Å². The van der Waals surface area contributed by atoms with E-state index in [0.717, 1.165) is 16.3 Å². The summed E-state index contributed by atoms with van der Waals surface area (Å²) in [5.74, 6) is -0.228. The molecule has 1 heterocycles. The number of carbonyl (C=O) groups is 1. The Bertz CT molecular complexity index is 1570. The van der Waals surface area contributed by atoms with E-state index < -0.39 is 0 Å². The zero-order chi connectivity index (χ0) is 23.3. The van der Waals surface area contributed by atoms with Crippen LogP contribution in [-0.2, 0) is 4.79 Å². The maximum absolute atomic E-state index is 13.2. The van der Waals surface area contributed by atoms with Gasteiger partial charge in [0, 0.05) is 5.56 Å². The van der Waals surface area contributed by atoms with Crippen molar-refractivity contribution < 1.29 is 4.79 Å². The van der Waals surface area contributed by atoms with Gasteiger partial charge in [-0.15, -0.1) is 0 Å². The van der Waals surface area contributed by atoms with Gasteiger partial charge in [0.15, 0.2) is 5.16 Å². The summed E-state index contributed by atoms with van der Waals surface area (Å²) in [5.41, 5.74) is 4.61. The van der Waals surface area contributed by atoms with E-state index in [1.807, 2.05) is 84.9 Å². The number of thioether (sulfide) groups is 1. The molecule has 0 saturated carbocycles. The highest BCUT2D eigenvalue weighted by molar-refractivity contribution is 7.99. The first kappa shape index (κ1) is 21.6. The van der Waals surface area contributed by atoms with Gasteiger partial charge in [-0.05, 0) is 35.0 Å². The summed E-state index contributed by atoms with van der Waals surface area (Å²) in [6.07, 6.45) is 1.64. The quantitative estimate of drug-likeness (QED) is 0.170. The molecule has 0 fully saturated rings. The van der Waals surface area contributed by atoms with Crippen LogP contribution >= 0.6 is 11.8 Å². The Kier molecular flexibility index (Phi) is 6.18. The topological polar surface area (TPSA) is 76.3 Å². The second-order valence-electron chi connectivity index (χ2n) is 7.54. The first-order chi connectivity index (χ1) is 16.7. The zero-order valence-electron chi connectivity index (χ0n) is 18.1. The van der Waals surface area contributed by atoms with Gasteiger partial charge in [-0.2, -0.15) is 5.10 Å². The second-order valence-corrected chi connectivity index (χ2v) is 8.48. The van der Waals surface area contributed by atoms with Gasteiger partial charge < -0.3 is 0 Å². The number of para-hydroxylation sites is 2. The lowest BCUT2D eigenvalue weighted by Gasteiger charge is -2.12. The highest BCUT2D eigenvalue weighted by Gasteiger charge is 2.14. The summed E-state index contributed by atoms with van der Waals surface area (Å²) < 4.78 is 1.54. The summed E-state index contributed by atoms with van der Waals surface area (Å²) in [6, 6.07) is 30.4. The zero-order valence-corrected chi connectivity index (χ0v) is 18.9. The molecule has 0 aliphatic carbocycles. The van der Waals surface area contributed by atoms with Crippen LogP contribution < -0.4 is 11.0 Å². The van der Waals surface area contributed by atoms with Gasteiger partial charge in [0.1, 0.15) is 0 Å². The number of hydrogen-bond acceptors (Lipinski definition) is 5. The van der Waals surface area contributed by atoms with Crippen molar-refractivity contribution in [3.8, 4) is 5.69 Å². The number of fused-ring (bicyclic) bond motifs is 2. The fraction of sp³-hybridized carbons (Fsp3) is 0.0370. The number of nitrogens with zero attached hydrogens (tertiary/aromatic N) is 3. The van der Waals surface area contributed by atoms with E-state index >= 15 is 0 Å². The maximum Gasteiger partial charge on any atom is 0.266 e. The average Bonchev–Trinajstić information content (AvgIpc) is 2.88. The van der Waals surface area contributed by atoms with Crippen molar-refractivity contribution in [1.82, 2.24) is 15.0 Å². The number of aromatic nitrogens is 2. The second kappa shape index (κ2) is 9.72. The molecular formula is C27H20N4O2S. The lowest BCUT2D eigenvalue weighted by atomic mass is 10.1. The Balaban J connectivity index is 1.36. The Morgan fingerprint density at radius 2 is 1.59 bits per heavy atom. The van der Waals surface area contributed by atoms with Crippen molar-refractivity contribution >= 4 is 45.6 Å². The van der Waals surface area contributed by atoms with Gasteiger partial charge >= 0.3 is 0 Å². The van der Waals surface area contributed by atoms with E-state index in [2.05, 4.69) is 15.5 Å². The highest BCUT2D eigenvalue weighted by Crippen LogP contribution is 2.21. The van der Waals surface area contributed by atoms with Crippen LogP contribution in [0.15, 0.2) is 112 Å². The highest BCUT2D eigenvalue weighted by atomic mass is 32.2. The molecule has 1 aromatic heterocycles. The fourth-order valence-corrected chi connectivity index (χ4v) is 4.52. The predicted molar refractivity (Wildman–Crippen MR) is 138 cm³/mol. The van der Waals surface area contributed by atoms with Crippen molar-refractivity contribution in [3.63, 3.8) is 0 Å².